The summed E-state index contributed by atoms with van der Waals surface area (Å²) in [7, 11) is 0. The lowest BCUT2D eigenvalue weighted by Gasteiger charge is -2.20. The molecule has 86 valence electrons. The van der Waals surface area contributed by atoms with Crippen molar-refractivity contribution in [1.82, 2.24) is 0 Å². The zero-order chi connectivity index (χ0) is 11.5. The molecule has 0 N–H and O–H groups in total. The summed E-state index contributed by atoms with van der Waals surface area (Å²) >= 11 is 13.5. The van der Waals surface area contributed by atoms with E-state index in [2.05, 4.69) is 0 Å². The summed E-state index contributed by atoms with van der Waals surface area (Å²) in [6.07, 6.45) is 3.34. The van der Waals surface area contributed by atoms with Crippen LogP contribution < -0.4 is 0 Å². The Bertz CT molecular complexity index is 400. The van der Waals surface area contributed by atoms with Crippen molar-refractivity contribution >= 4 is 40.7 Å². The largest absolute Gasteiger partial charge is 0.293 e. The summed E-state index contributed by atoms with van der Waals surface area (Å²) < 4.78 is 0. The highest BCUT2D eigenvalue weighted by molar-refractivity contribution is 8.00. The van der Waals surface area contributed by atoms with Gasteiger partial charge in [-0.25, -0.2) is 0 Å². The quantitative estimate of drug-likeness (QED) is 0.741. The van der Waals surface area contributed by atoms with Gasteiger partial charge in [0.15, 0.2) is 5.78 Å². The molecule has 0 saturated carbocycles. The normalized spacial score (nSPS) is 20.8. The summed E-state index contributed by atoms with van der Waals surface area (Å²) in [5.74, 6) is 1.26. The fourth-order valence-corrected chi connectivity index (χ4v) is 3.36. The molecule has 0 radical (unpaired) electrons. The smallest absolute Gasteiger partial charge is 0.175 e. The van der Waals surface area contributed by atoms with Gasteiger partial charge in [-0.05, 0) is 36.8 Å². The van der Waals surface area contributed by atoms with Gasteiger partial charge in [0.1, 0.15) is 0 Å². The number of hydrogen-bond donors (Lipinski definition) is 0. The number of rotatable bonds is 2. The Hall–Kier alpha value is -0.180. The summed E-state index contributed by atoms with van der Waals surface area (Å²) in [6.45, 7) is 0. The third-order valence-electron chi connectivity index (χ3n) is 2.68. The lowest BCUT2D eigenvalue weighted by Crippen LogP contribution is -2.20. The van der Waals surface area contributed by atoms with Crippen molar-refractivity contribution in [3.63, 3.8) is 0 Å². The minimum Gasteiger partial charge on any atom is -0.293 e. The number of ketones is 1. The lowest BCUT2D eigenvalue weighted by molar-refractivity contribution is 0.0985. The van der Waals surface area contributed by atoms with Crippen LogP contribution in [0.15, 0.2) is 18.2 Å². The number of carbonyl (C=O) groups is 1. The van der Waals surface area contributed by atoms with Crippen LogP contribution in [0.2, 0.25) is 10.0 Å². The number of hydrogen-bond acceptors (Lipinski definition) is 2. The molecule has 0 bridgehead atoms. The Morgan fingerprint density at radius 2 is 2.06 bits per heavy atom. The Balaban J connectivity index is 2.16. The summed E-state index contributed by atoms with van der Waals surface area (Å²) in [6, 6.07) is 5.11. The Morgan fingerprint density at radius 1 is 1.25 bits per heavy atom. The number of halogens is 2. The average molecular weight is 275 g/mol. The van der Waals surface area contributed by atoms with Crippen molar-refractivity contribution in [1.29, 1.82) is 0 Å². The molecular formula is C12H12Cl2OS. The second-order valence-electron chi connectivity index (χ2n) is 3.85. The van der Waals surface area contributed by atoms with Crippen molar-refractivity contribution in [3.05, 3.63) is 33.8 Å². The van der Waals surface area contributed by atoms with Crippen LogP contribution in [0.1, 0.15) is 29.6 Å². The molecular weight excluding hydrogens is 263 g/mol. The first-order valence-electron chi connectivity index (χ1n) is 5.29. The van der Waals surface area contributed by atoms with Crippen LogP contribution in [0.25, 0.3) is 0 Å². The highest BCUT2D eigenvalue weighted by atomic mass is 35.5. The molecule has 1 unspecified atom stereocenters. The van der Waals surface area contributed by atoms with Crippen LogP contribution >= 0.6 is 35.0 Å². The van der Waals surface area contributed by atoms with E-state index < -0.39 is 0 Å². The van der Waals surface area contributed by atoms with Gasteiger partial charge < -0.3 is 0 Å². The van der Waals surface area contributed by atoms with Crippen LogP contribution in [0.3, 0.4) is 0 Å². The predicted octanol–water partition coefficient (Wildman–Crippen LogP) is 4.46. The second kappa shape index (κ2) is 5.44. The molecule has 0 spiro atoms. The molecule has 0 aliphatic carbocycles. The third-order valence-corrected chi connectivity index (χ3v) is 4.79. The molecule has 1 aliphatic rings. The van der Waals surface area contributed by atoms with Gasteiger partial charge in [-0.3, -0.25) is 4.79 Å². The molecule has 1 atom stereocenters. The number of carbonyl (C=O) groups excluding carboxylic acids is 1. The molecule has 1 saturated heterocycles. The van der Waals surface area contributed by atoms with Gasteiger partial charge in [-0.2, -0.15) is 11.8 Å². The molecule has 0 aromatic heterocycles. The SMILES string of the molecule is O=C(c1ccc(Cl)c(Cl)c1)C1CCCCS1. The van der Waals surface area contributed by atoms with Gasteiger partial charge in [-0.1, -0.05) is 29.6 Å². The van der Waals surface area contributed by atoms with E-state index in [1.54, 1.807) is 30.0 Å². The molecule has 1 aliphatic heterocycles. The topological polar surface area (TPSA) is 17.1 Å². The Labute approximate surface area is 110 Å². The summed E-state index contributed by atoms with van der Waals surface area (Å²) in [5, 5.41) is 1.05. The molecule has 1 aromatic carbocycles. The van der Waals surface area contributed by atoms with Crippen molar-refractivity contribution in [3.8, 4) is 0 Å². The standard InChI is InChI=1S/C12H12Cl2OS/c13-9-5-4-8(7-10(9)14)12(15)11-3-1-2-6-16-11/h4-5,7,11H,1-3,6H2. The minimum absolute atomic E-state index is 0.103. The molecule has 4 heteroatoms. The van der Waals surface area contributed by atoms with Crippen molar-refractivity contribution in [2.45, 2.75) is 24.5 Å². The van der Waals surface area contributed by atoms with Crippen molar-refractivity contribution < 1.29 is 4.79 Å². The maximum Gasteiger partial charge on any atom is 0.175 e. The molecule has 1 aromatic rings. The van der Waals surface area contributed by atoms with Crippen LogP contribution in [0, 0.1) is 0 Å². The van der Waals surface area contributed by atoms with Gasteiger partial charge in [0.05, 0.1) is 15.3 Å². The Morgan fingerprint density at radius 3 is 2.69 bits per heavy atom. The van der Waals surface area contributed by atoms with Gasteiger partial charge >= 0.3 is 0 Å². The second-order valence-corrected chi connectivity index (χ2v) is 5.97. The van der Waals surface area contributed by atoms with E-state index in [-0.39, 0.29) is 11.0 Å². The first-order valence-corrected chi connectivity index (χ1v) is 7.10. The number of benzene rings is 1. The zero-order valence-electron chi connectivity index (χ0n) is 8.71. The highest BCUT2D eigenvalue weighted by Gasteiger charge is 2.23. The van der Waals surface area contributed by atoms with E-state index in [4.69, 9.17) is 23.2 Å². The summed E-state index contributed by atoms with van der Waals surface area (Å²) in [5.41, 5.74) is 0.675. The van der Waals surface area contributed by atoms with E-state index in [0.29, 0.717) is 15.6 Å². The summed E-state index contributed by atoms with van der Waals surface area (Å²) in [4.78, 5) is 12.1. The van der Waals surface area contributed by atoms with Crippen LogP contribution in [-0.4, -0.2) is 16.8 Å². The fraction of sp³-hybridized carbons (Fsp3) is 0.417. The van der Waals surface area contributed by atoms with E-state index in [1.165, 1.54) is 6.42 Å². The number of thioether (sulfide) groups is 1. The van der Waals surface area contributed by atoms with Gasteiger partial charge in [0.2, 0.25) is 0 Å². The van der Waals surface area contributed by atoms with Gasteiger partial charge in [-0.15, -0.1) is 0 Å². The lowest BCUT2D eigenvalue weighted by atomic mass is 10.0. The fourth-order valence-electron chi connectivity index (χ4n) is 1.78. The van der Waals surface area contributed by atoms with E-state index in [1.807, 2.05) is 0 Å². The van der Waals surface area contributed by atoms with E-state index >= 15 is 0 Å². The Kier molecular flexibility index (Phi) is 4.17. The first kappa shape index (κ1) is 12.3. The minimum atomic E-state index is 0.103. The van der Waals surface area contributed by atoms with Crippen molar-refractivity contribution in [2.24, 2.45) is 0 Å². The van der Waals surface area contributed by atoms with Gasteiger partial charge in [0, 0.05) is 5.56 Å². The maximum atomic E-state index is 12.1. The molecule has 1 heterocycles. The van der Waals surface area contributed by atoms with Crippen LogP contribution in [-0.2, 0) is 0 Å². The van der Waals surface area contributed by atoms with Crippen LogP contribution in [0.4, 0.5) is 0 Å². The first-order chi connectivity index (χ1) is 7.68. The third kappa shape index (κ3) is 2.73. The molecule has 0 amide bonds. The molecule has 16 heavy (non-hydrogen) atoms. The number of Topliss-reactive ketones (excluding diaryl/α,β-unsaturated/α-hetero) is 1. The maximum absolute atomic E-state index is 12.1. The van der Waals surface area contributed by atoms with Crippen molar-refractivity contribution in [2.75, 3.05) is 5.75 Å². The molecule has 1 nitrogen and oxygen atoms in total. The highest BCUT2D eigenvalue weighted by Crippen LogP contribution is 2.30. The molecule has 2 rings (SSSR count). The molecule has 1 fully saturated rings. The van der Waals surface area contributed by atoms with E-state index in [9.17, 15) is 4.79 Å². The average Bonchev–Trinajstić information content (AvgIpc) is 2.33. The monoisotopic (exact) mass is 274 g/mol. The van der Waals surface area contributed by atoms with Gasteiger partial charge in [0.25, 0.3) is 0 Å². The van der Waals surface area contributed by atoms with E-state index in [0.717, 1.165) is 18.6 Å². The predicted molar refractivity (Wildman–Crippen MR) is 70.9 cm³/mol. The van der Waals surface area contributed by atoms with Crippen LogP contribution in [0.5, 0.6) is 0 Å². The zero-order valence-corrected chi connectivity index (χ0v) is 11.0.